The van der Waals surface area contributed by atoms with Gasteiger partial charge in [-0.05, 0) is 43.0 Å². The lowest BCUT2D eigenvalue weighted by Gasteiger charge is -2.09. The number of H-pyrrole nitrogens is 1. The van der Waals surface area contributed by atoms with E-state index in [1.807, 2.05) is 6.92 Å². The van der Waals surface area contributed by atoms with Gasteiger partial charge in [-0.1, -0.05) is 11.8 Å². The molecule has 29 heavy (non-hydrogen) atoms. The Balaban J connectivity index is 1.64. The molecule has 4 rings (SSSR count). The van der Waals surface area contributed by atoms with Crippen LogP contribution in [0.15, 0.2) is 63.1 Å². The van der Waals surface area contributed by atoms with Gasteiger partial charge in [-0.3, -0.25) is 15.2 Å². The van der Waals surface area contributed by atoms with Crippen molar-refractivity contribution < 1.29 is 9.18 Å². The predicted octanol–water partition coefficient (Wildman–Crippen LogP) is 4.05. The monoisotopic (exact) mass is 445 g/mol. The Bertz CT molecular complexity index is 1130. The van der Waals surface area contributed by atoms with Crippen molar-refractivity contribution >= 4 is 45.9 Å². The number of anilines is 1. The van der Waals surface area contributed by atoms with Crippen LogP contribution in [-0.4, -0.2) is 36.0 Å². The van der Waals surface area contributed by atoms with E-state index in [2.05, 4.69) is 35.5 Å². The molecule has 3 heterocycles. The second kappa shape index (κ2) is 8.68. The first-order chi connectivity index (χ1) is 14.1. The van der Waals surface area contributed by atoms with E-state index in [0.717, 1.165) is 9.77 Å². The summed E-state index contributed by atoms with van der Waals surface area (Å²) in [6.45, 7) is 1.90. The molecule has 146 valence electrons. The van der Waals surface area contributed by atoms with Crippen molar-refractivity contribution in [3.05, 3.63) is 59.4 Å². The van der Waals surface area contributed by atoms with Crippen LogP contribution in [0.5, 0.6) is 0 Å². The highest BCUT2D eigenvalue weighted by atomic mass is 32.2. The number of carbonyl (C=O) groups is 1. The Morgan fingerprint density at radius 3 is 2.66 bits per heavy atom. The molecule has 3 aromatic heterocycles. The molecule has 2 N–H and O–H groups in total. The maximum atomic E-state index is 13.2. The number of nitrogens with zero attached hydrogens (tertiary/aromatic N) is 5. The van der Waals surface area contributed by atoms with Gasteiger partial charge in [0.1, 0.15) is 22.2 Å². The van der Waals surface area contributed by atoms with Crippen LogP contribution in [0, 0.1) is 12.7 Å². The topological polar surface area (TPSA) is 109 Å². The SMILES string of the molecule is Cc1cnc(NC(=O)c2nc(Sc3ncn[nH]3)cnc2Sc2ccc(F)cc2)s1. The predicted molar refractivity (Wildman–Crippen MR) is 108 cm³/mol. The molecule has 8 nitrogen and oxygen atoms in total. The van der Waals surface area contributed by atoms with Crippen molar-refractivity contribution in [1.82, 2.24) is 30.1 Å². The smallest absolute Gasteiger partial charge is 0.278 e. The van der Waals surface area contributed by atoms with Gasteiger partial charge in [0.15, 0.2) is 16.0 Å². The number of nitrogens with one attached hydrogen (secondary N) is 2. The lowest BCUT2D eigenvalue weighted by Crippen LogP contribution is -2.16. The number of amides is 1. The van der Waals surface area contributed by atoms with Gasteiger partial charge in [-0.15, -0.1) is 11.3 Å². The van der Waals surface area contributed by atoms with Gasteiger partial charge in [0.25, 0.3) is 5.91 Å². The number of aromatic nitrogens is 6. The highest BCUT2D eigenvalue weighted by Crippen LogP contribution is 2.31. The Hall–Kier alpha value is -2.83. The summed E-state index contributed by atoms with van der Waals surface area (Å²) in [7, 11) is 0. The van der Waals surface area contributed by atoms with E-state index in [-0.39, 0.29) is 11.5 Å². The summed E-state index contributed by atoms with van der Waals surface area (Å²) < 4.78 is 13.2. The molecule has 0 saturated heterocycles. The molecule has 4 aromatic rings. The highest BCUT2D eigenvalue weighted by molar-refractivity contribution is 7.99. The second-order valence-corrected chi connectivity index (χ2v) is 8.85. The normalized spacial score (nSPS) is 10.8. The van der Waals surface area contributed by atoms with E-state index < -0.39 is 5.91 Å². The van der Waals surface area contributed by atoms with Crippen LogP contribution in [0.4, 0.5) is 9.52 Å². The number of hydrogen-bond donors (Lipinski definition) is 2. The molecule has 0 fully saturated rings. The molecule has 0 spiro atoms. The van der Waals surface area contributed by atoms with Gasteiger partial charge < -0.3 is 0 Å². The molecule has 0 unspecified atom stereocenters. The molecule has 1 aromatic carbocycles. The van der Waals surface area contributed by atoms with E-state index in [9.17, 15) is 9.18 Å². The first-order valence-corrected chi connectivity index (χ1v) is 10.6. The molecule has 0 aliphatic heterocycles. The van der Waals surface area contributed by atoms with E-state index in [0.29, 0.717) is 20.3 Å². The summed E-state index contributed by atoms with van der Waals surface area (Å²) in [6, 6.07) is 5.93. The lowest BCUT2D eigenvalue weighted by molar-refractivity contribution is 0.101. The third kappa shape index (κ3) is 4.96. The van der Waals surface area contributed by atoms with Crippen LogP contribution >= 0.6 is 34.9 Å². The van der Waals surface area contributed by atoms with Crippen LogP contribution in [0.3, 0.4) is 0 Å². The average Bonchev–Trinajstić information content (AvgIpc) is 3.36. The van der Waals surface area contributed by atoms with E-state index >= 15 is 0 Å². The van der Waals surface area contributed by atoms with Crippen molar-refractivity contribution in [2.24, 2.45) is 0 Å². The third-order valence-electron chi connectivity index (χ3n) is 3.40. The number of aryl methyl sites for hydroxylation is 1. The zero-order valence-electron chi connectivity index (χ0n) is 14.8. The molecular formula is C17H12FN7OS3. The quantitative estimate of drug-likeness (QED) is 0.457. The minimum absolute atomic E-state index is 0.136. The Labute approximate surface area is 176 Å². The highest BCUT2D eigenvalue weighted by Gasteiger charge is 2.19. The average molecular weight is 446 g/mol. The fourth-order valence-corrected chi connectivity index (χ4v) is 4.29. The minimum atomic E-state index is -0.434. The number of hydrogen-bond acceptors (Lipinski definition) is 9. The molecule has 12 heteroatoms. The largest absolute Gasteiger partial charge is 0.296 e. The second-order valence-electron chi connectivity index (χ2n) is 5.54. The number of aromatic amines is 1. The third-order valence-corrected chi connectivity index (χ3v) is 6.02. The van der Waals surface area contributed by atoms with Crippen LogP contribution < -0.4 is 5.32 Å². The number of carbonyl (C=O) groups excluding carboxylic acids is 1. The van der Waals surface area contributed by atoms with Gasteiger partial charge in [0.05, 0.1) is 6.20 Å². The molecule has 0 aliphatic carbocycles. The van der Waals surface area contributed by atoms with Gasteiger partial charge in [-0.2, -0.15) is 5.10 Å². The summed E-state index contributed by atoms with van der Waals surface area (Å²) >= 11 is 3.78. The van der Waals surface area contributed by atoms with Gasteiger partial charge in [0, 0.05) is 16.0 Å². The number of thiazole rings is 1. The fourth-order valence-electron chi connectivity index (χ4n) is 2.16. The van der Waals surface area contributed by atoms with Gasteiger partial charge >= 0.3 is 0 Å². The Kier molecular flexibility index (Phi) is 5.83. The Morgan fingerprint density at radius 1 is 1.14 bits per heavy atom. The maximum Gasteiger partial charge on any atom is 0.278 e. The van der Waals surface area contributed by atoms with Crippen molar-refractivity contribution in [2.45, 2.75) is 27.0 Å². The number of benzene rings is 1. The van der Waals surface area contributed by atoms with Crippen molar-refractivity contribution in [2.75, 3.05) is 5.32 Å². The summed E-state index contributed by atoms with van der Waals surface area (Å²) in [5.74, 6) is -0.771. The van der Waals surface area contributed by atoms with Crippen LogP contribution in [-0.2, 0) is 0 Å². The lowest BCUT2D eigenvalue weighted by atomic mass is 10.3. The summed E-state index contributed by atoms with van der Waals surface area (Å²) in [5.41, 5.74) is 0.136. The van der Waals surface area contributed by atoms with Crippen LogP contribution in [0.25, 0.3) is 0 Å². The van der Waals surface area contributed by atoms with Crippen LogP contribution in [0.2, 0.25) is 0 Å². The zero-order valence-corrected chi connectivity index (χ0v) is 17.2. The maximum absolute atomic E-state index is 13.2. The summed E-state index contributed by atoms with van der Waals surface area (Å²) in [5, 5.41) is 11.1. The van der Waals surface area contributed by atoms with Gasteiger partial charge in [-0.25, -0.2) is 24.3 Å². The molecule has 0 atom stereocenters. The first kappa shape index (κ1) is 19.5. The number of rotatable bonds is 6. The van der Waals surface area contributed by atoms with Crippen molar-refractivity contribution in [3.8, 4) is 0 Å². The van der Waals surface area contributed by atoms with Crippen molar-refractivity contribution in [1.29, 1.82) is 0 Å². The van der Waals surface area contributed by atoms with Crippen LogP contribution in [0.1, 0.15) is 15.4 Å². The fraction of sp³-hybridized carbons (Fsp3) is 0.0588. The molecule has 0 aliphatic rings. The molecule has 0 bridgehead atoms. The summed E-state index contributed by atoms with van der Waals surface area (Å²) in [4.78, 5) is 31.6. The molecular weight excluding hydrogens is 433 g/mol. The molecule has 0 saturated carbocycles. The van der Waals surface area contributed by atoms with Crippen molar-refractivity contribution in [3.63, 3.8) is 0 Å². The van der Waals surface area contributed by atoms with E-state index in [1.54, 1.807) is 24.5 Å². The number of halogens is 1. The molecule has 0 radical (unpaired) electrons. The summed E-state index contributed by atoms with van der Waals surface area (Å²) in [6.07, 6.45) is 4.60. The van der Waals surface area contributed by atoms with Gasteiger partial charge in [0.2, 0.25) is 0 Å². The standard InChI is InChI=1S/C17H12FN7OS3/c1-9-6-20-16(27-9)24-14(26)13-15(28-11-4-2-10(18)3-5-11)19-7-12(23-13)29-17-21-8-22-25-17/h2-8H,1H3,(H,20,24,26)(H,21,22,25). The zero-order chi connectivity index (χ0) is 20.2. The minimum Gasteiger partial charge on any atom is -0.296 e. The van der Waals surface area contributed by atoms with E-state index in [1.165, 1.54) is 53.3 Å². The first-order valence-electron chi connectivity index (χ1n) is 8.14. The van der Waals surface area contributed by atoms with E-state index in [4.69, 9.17) is 0 Å². The molecule has 1 amide bonds. The Morgan fingerprint density at radius 2 is 1.97 bits per heavy atom.